The topological polar surface area (TPSA) is 15.3 Å². The first-order valence-corrected chi connectivity index (χ1v) is 6.12. The maximum Gasteiger partial charge on any atom is 0.251 e. The van der Waals surface area contributed by atoms with Crippen molar-refractivity contribution in [3.63, 3.8) is 0 Å². The molecule has 1 unspecified atom stereocenters. The van der Waals surface area contributed by atoms with Gasteiger partial charge in [0.15, 0.2) is 0 Å². The maximum absolute atomic E-state index is 12.6. The lowest BCUT2D eigenvalue weighted by molar-refractivity contribution is -0.0278. The van der Waals surface area contributed by atoms with E-state index in [4.69, 9.17) is 0 Å². The molecule has 1 heterocycles. The number of nitrogens with zero attached hydrogens (tertiary/aromatic N) is 1. The van der Waals surface area contributed by atoms with Crippen molar-refractivity contribution in [1.29, 1.82) is 0 Å². The Morgan fingerprint density at radius 3 is 2.44 bits per heavy atom. The van der Waals surface area contributed by atoms with Gasteiger partial charge in [0.1, 0.15) is 0 Å². The van der Waals surface area contributed by atoms with Crippen LogP contribution in [0.15, 0.2) is 0 Å². The predicted molar refractivity (Wildman–Crippen MR) is 60.8 cm³/mol. The van der Waals surface area contributed by atoms with Crippen molar-refractivity contribution in [2.24, 2.45) is 5.92 Å². The third-order valence-electron chi connectivity index (χ3n) is 4.05. The largest absolute Gasteiger partial charge is 0.309 e. The van der Waals surface area contributed by atoms with E-state index in [1.165, 1.54) is 12.8 Å². The highest BCUT2D eigenvalue weighted by atomic mass is 19.3. The van der Waals surface area contributed by atoms with Crippen LogP contribution in [-0.2, 0) is 0 Å². The zero-order valence-corrected chi connectivity index (χ0v) is 10.4. The van der Waals surface area contributed by atoms with Crippen LogP contribution in [0.4, 0.5) is 8.78 Å². The molecule has 94 valence electrons. The van der Waals surface area contributed by atoms with Crippen LogP contribution in [0.1, 0.15) is 33.6 Å². The third-order valence-corrected chi connectivity index (χ3v) is 4.05. The molecule has 2 rings (SSSR count). The van der Waals surface area contributed by atoms with Crippen molar-refractivity contribution in [3.05, 3.63) is 0 Å². The Bertz CT molecular complexity index is 264. The van der Waals surface area contributed by atoms with Crippen LogP contribution in [0.2, 0.25) is 0 Å². The zero-order chi connectivity index (χ0) is 12.0. The van der Waals surface area contributed by atoms with Crippen molar-refractivity contribution < 1.29 is 8.78 Å². The van der Waals surface area contributed by atoms with Gasteiger partial charge in [0.2, 0.25) is 0 Å². The molecule has 0 aromatic carbocycles. The number of rotatable bonds is 3. The van der Waals surface area contributed by atoms with Crippen molar-refractivity contribution in [3.8, 4) is 0 Å². The Hall–Kier alpha value is -0.220. The molecule has 0 aromatic rings. The lowest BCUT2D eigenvalue weighted by Crippen LogP contribution is -2.68. The Morgan fingerprint density at radius 1 is 1.31 bits per heavy atom. The molecule has 2 fully saturated rings. The van der Waals surface area contributed by atoms with Crippen molar-refractivity contribution in [2.45, 2.75) is 51.1 Å². The van der Waals surface area contributed by atoms with E-state index in [0.717, 1.165) is 6.54 Å². The quantitative estimate of drug-likeness (QED) is 0.801. The molecule has 0 amide bonds. The Kier molecular flexibility index (Phi) is 2.99. The summed E-state index contributed by atoms with van der Waals surface area (Å²) in [7, 11) is 0. The highest BCUT2D eigenvalue weighted by Gasteiger charge is 2.50. The number of alkyl halides is 2. The van der Waals surface area contributed by atoms with Crippen LogP contribution in [0.3, 0.4) is 0 Å². The predicted octanol–water partition coefficient (Wildman–Crippen LogP) is 2.10. The number of hydrogen-bond donors (Lipinski definition) is 1. The molecule has 16 heavy (non-hydrogen) atoms. The molecule has 0 bridgehead atoms. The Labute approximate surface area is 96.4 Å². The smallest absolute Gasteiger partial charge is 0.251 e. The first kappa shape index (κ1) is 12.2. The average Bonchev–Trinajstić information content (AvgIpc) is 2.93. The Balaban J connectivity index is 2.11. The van der Waals surface area contributed by atoms with Gasteiger partial charge in [-0.2, -0.15) is 0 Å². The fourth-order valence-electron chi connectivity index (χ4n) is 2.79. The summed E-state index contributed by atoms with van der Waals surface area (Å²) in [5.74, 6) is 0.606. The Morgan fingerprint density at radius 2 is 1.94 bits per heavy atom. The van der Waals surface area contributed by atoms with Gasteiger partial charge in [0.05, 0.1) is 6.54 Å². The molecule has 4 heteroatoms. The van der Waals surface area contributed by atoms with Gasteiger partial charge in [0.25, 0.3) is 6.43 Å². The number of piperazine rings is 1. The lowest BCUT2D eigenvalue weighted by atomic mass is 9.86. The molecule has 1 atom stereocenters. The molecule has 2 nitrogen and oxygen atoms in total. The van der Waals surface area contributed by atoms with Crippen LogP contribution < -0.4 is 5.32 Å². The normalized spacial score (nSPS) is 35.6. The minimum atomic E-state index is -2.23. The van der Waals surface area contributed by atoms with Gasteiger partial charge in [-0.3, -0.25) is 4.90 Å². The van der Waals surface area contributed by atoms with Gasteiger partial charge in [0, 0.05) is 24.2 Å². The number of hydrogen-bond acceptors (Lipinski definition) is 2. The molecule has 1 N–H and O–H groups in total. The first-order chi connectivity index (χ1) is 7.33. The SMILES string of the molecule is CC1(C)CN(CC(F)F)C(C)(C2CC2)CN1. The van der Waals surface area contributed by atoms with E-state index in [-0.39, 0.29) is 17.6 Å². The molecular formula is C12H22F2N2. The minimum absolute atomic E-state index is 0.0523. The van der Waals surface area contributed by atoms with Gasteiger partial charge in [-0.1, -0.05) is 0 Å². The zero-order valence-electron chi connectivity index (χ0n) is 10.4. The van der Waals surface area contributed by atoms with E-state index in [0.29, 0.717) is 12.5 Å². The fraction of sp³-hybridized carbons (Fsp3) is 1.00. The van der Waals surface area contributed by atoms with Crippen molar-refractivity contribution in [2.75, 3.05) is 19.6 Å². The molecule has 0 spiro atoms. The molecule has 0 aromatic heterocycles. The standard InChI is InChI=1S/C12H22F2N2/c1-11(2)8-16(6-10(13)14)12(3,7-15-11)9-4-5-9/h9-10,15H,4-8H2,1-3H3. The van der Waals surface area contributed by atoms with Gasteiger partial charge >= 0.3 is 0 Å². The molecule has 1 saturated carbocycles. The summed E-state index contributed by atoms with van der Waals surface area (Å²) in [6.45, 7) is 7.75. The highest BCUT2D eigenvalue weighted by molar-refractivity contribution is 5.07. The number of nitrogens with one attached hydrogen (secondary N) is 1. The molecule has 1 saturated heterocycles. The second-order valence-electron chi connectivity index (χ2n) is 6.14. The average molecular weight is 232 g/mol. The summed E-state index contributed by atoms with van der Waals surface area (Å²) in [6, 6.07) is 0. The summed E-state index contributed by atoms with van der Waals surface area (Å²) < 4.78 is 25.3. The van der Waals surface area contributed by atoms with Crippen LogP contribution >= 0.6 is 0 Å². The lowest BCUT2D eigenvalue weighted by Gasteiger charge is -2.51. The minimum Gasteiger partial charge on any atom is -0.309 e. The van der Waals surface area contributed by atoms with E-state index in [1.807, 2.05) is 4.90 Å². The van der Waals surface area contributed by atoms with Gasteiger partial charge in [-0.05, 0) is 39.5 Å². The van der Waals surface area contributed by atoms with E-state index in [9.17, 15) is 8.78 Å². The van der Waals surface area contributed by atoms with Gasteiger partial charge in [-0.25, -0.2) is 8.78 Å². The summed E-state index contributed by atoms with van der Waals surface area (Å²) in [4.78, 5) is 2.01. The van der Waals surface area contributed by atoms with Crippen LogP contribution in [0.25, 0.3) is 0 Å². The van der Waals surface area contributed by atoms with Gasteiger partial charge in [-0.15, -0.1) is 0 Å². The van der Waals surface area contributed by atoms with E-state index in [1.54, 1.807) is 0 Å². The van der Waals surface area contributed by atoms with Gasteiger partial charge < -0.3 is 5.32 Å². The summed E-state index contributed by atoms with van der Waals surface area (Å²) in [5, 5.41) is 3.49. The monoisotopic (exact) mass is 232 g/mol. The molecular weight excluding hydrogens is 210 g/mol. The van der Waals surface area contributed by atoms with Crippen LogP contribution in [0, 0.1) is 5.92 Å². The number of halogens is 2. The summed E-state index contributed by atoms with van der Waals surface area (Å²) >= 11 is 0. The summed E-state index contributed by atoms with van der Waals surface area (Å²) in [5.41, 5.74) is -0.116. The van der Waals surface area contributed by atoms with E-state index < -0.39 is 6.43 Å². The van der Waals surface area contributed by atoms with Crippen molar-refractivity contribution in [1.82, 2.24) is 10.2 Å². The van der Waals surface area contributed by atoms with Crippen molar-refractivity contribution >= 4 is 0 Å². The third kappa shape index (κ3) is 2.38. The maximum atomic E-state index is 12.6. The van der Waals surface area contributed by atoms with E-state index >= 15 is 0 Å². The first-order valence-electron chi connectivity index (χ1n) is 6.12. The molecule has 2 aliphatic rings. The summed E-state index contributed by atoms with van der Waals surface area (Å²) in [6.07, 6.45) is 0.156. The molecule has 0 radical (unpaired) electrons. The highest BCUT2D eigenvalue weighted by Crippen LogP contribution is 2.44. The molecule has 1 aliphatic heterocycles. The van der Waals surface area contributed by atoms with Crippen LogP contribution in [-0.4, -0.2) is 42.0 Å². The second-order valence-corrected chi connectivity index (χ2v) is 6.14. The fourth-order valence-corrected chi connectivity index (χ4v) is 2.79. The van der Waals surface area contributed by atoms with E-state index in [2.05, 4.69) is 26.1 Å². The second kappa shape index (κ2) is 3.91. The van der Waals surface area contributed by atoms with Crippen LogP contribution in [0.5, 0.6) is 0 Å². The molecule has 1 aliphatic carbocycles.